The van der Waals surface area contributed by atoms with Gasteiger partial charge in [0.1, 0.15) is 23.7 Å². The van der Waals surface area contributed by atoms with Gasteiger partial charge in [-0.2, -0.15) is 18.2 Å². The fourth-order valence-corrected chi connectivity index (χ4v) is 5.63. The molecule has 3 aromatic heterocycles. The molecule has 2 aliphatic carbocycles. The number of hydrogen-bond donors (Lipinski definition) is 1. The number of carboxylic acid groups (broad SMARTS) is 1. The molecule has 2 aliphatic rings. The number of rotatable bonds is 7. The molecule has 4 atom stereocenters. The fraction of sp³-hybridized carbons (Fsp3) is 0.520. The number of carbonyl (C=O) groups is 1. The van der Waals surface area contributed by atoms with Crippen molar-refractivity contribution in [1.29, 1.82) is 0 Å². The van der Waals surface area contributed by atoms with Crippen LogP contribution in [0, 0.1) is 24.2 Å². The molecule has 0 aromatic carbocycles. The van der Waals surface area contributed by atoms with Gasteiger partial charge in [-0.25, -0.2) is 14.6 Å². The van der Waals surface area contributed by atoms with Crippen LogP contribution in [-0.4, -0.2) is 47.1 Å². The summed E-state index contributed by atoms with van der Waals surface area (Å²) in [4.78, 5) is 23.6. The number of aryl methyl sites for hydroxylation is 2. The van der Waals surface area contributed by atoms with Crippen molar-refractivity contribution in [3.05, 3.63) is 41.5 Å². The van der Waals surface area contributed by atoms with E-state index in [1.54, 1.807) is 26.1 Å². The molecule has 5 rings (SSSR count). The number of aromatic nitrogens is 6. The zero-order valence-corrected chi connectivity index (χ0v) is 21.1. The van der Waals surface area contributed by atoms with Crippen LogP contribution >= 0.6 is 0 Å². The number of fused-ring (bicyclic) bond motifs is 1. The van der Waals surface area contributed by atoms with Crippen molar-refractivity contribution in [3.63, 3.8) is 0 Å². The number of halogens is 3. The Labute approximate surface area is 216 Å². The van der Waals surface area contributed by atoms with E-state index in [0.717, 1.165) is 25.1 Å². The molecule has 0 saturated heterocycles. The second-order valence-electron chi connectivity index (χ2n) is 10.1. The van der Waals surface area contributed by atoms with Crippen LogP contribution in [-0.2, 0) is 24.6 Å². The molecule has 202 valence electrons. The van der Waals surface area contributed by atoms with Gasteiger partial charge in [-0.15, -0.1) is 5.10 Å². The van der Waals surface area contributed by atoms with Gasteiger partial charge in [0.2, 0.25) is 0 Å². The SMILES string of the molecule is Cc1nc(-c2nnn(C)c2COc2nccc(C(F)(F)F)n2)ccc1OC1CC2CCC(C)(C(=O)O)C2C1. The van der Waals surface area contributed by atoms with Crippen molar-refractivity contribution >= 4 is 5.97 Å². The summed E-state index contributed by atoms with van der Waals surface area (Å²) in [6, 6.07) is 3.87. The predicted molar refractivity (Wildman–Crippen MR) is 126 cm³/mol. The largest absolute Gasteiger partial charge is 0.489 e. The van der Waals surface area contributed by atoms with Crippen LogP contribution in [0.4, 0.5) is 13.2 Å². The van der Waals surface area contributed by atoms with E-state index in [4.69, 9.17) is 9.47 Å². The minimum absolute atomic E-state index is 0.0803. The molecule has 3 aromatic rings. The first-order valence-electron chi connectivity index (χ1n) is 12.3. The lowest BCUT2D eigenvalue weighted by atomic mass is 9.78. The quantitative estimate of drug-likeness (QED) is 0.476. The Morgan fingerprint density at radius 2 is 2.03 bits per heavy atom. The van der Waals surface area contributed by atoms with Crippen LogP contribution in [0.15, 0.2) is 24.4 Å². The summed E-state index contributed by atoms with van der Waals surface area (Å²) < 4.78 is 52.0. The highest BCUT2D eigenvalue weighted by Crippen LogP contribution is 2.55. The lowest BCUT2D eigenvalue weighted by molar-refractivity contribution is -0.150. The third-order valence-corrected chi connectivity index (χ3v) is 7.77. The van der Waals surface area contributed by atoms with E-state index < -0.39 is 29.3 Å². The van der Waals surface area contributed by atoms with Crippen molar-refractivity contribution in [1.82, 2.24) is 29.9 Å². The van der Waals surface area contributed by atoms with Crippen LogP contribution in [0.2, 0.25) is 0 Å². The number of aliphatic carboxylic acids is 1. The number of hydrogen-bond acceptors (Lipinski definition) is 8. The molecule has 13 heteroatoms. The minimum atomic E-state index is -4.61. The number of ether oxygens (including phenoxy) is 2. The van der Waals surface area contributed by atoms with Crippen molar-refractivity contribution in [2.75, 3.05) is 0 Å². The van der Waals surface area contributed by atoms with E-state index in [1.807, 2.05) is 6.92 Å². The lowest BCUT2D eigenvalue weighted by Gasteiger charge is -2.26. The second-order valence-corrected chi connectivity index (χ2v) is 10.1. The maximum absolute atomic E-state index is 12.9. The monoisotopic (exact) mass is 532 g/mol. The standard InChI is InChI=1S/C25H27F3N6O4/c1-13-19(38-15-10-14-6-8-24(2,22(35)36)16(14)11-15)5-4-17(30-13)21-18(34(3)33-32-21)12-37-23-29-9-7-20(31-23)25(26,27)28/h4-5,7,9,14-16H,6,8,10-12H2,1-3H3,(H,35,36). The molecule has 10 nitrogen and oxygen atoms in total. The molecule has 2 fully saturated rings. The molecule has 1 N–H and O–H groups in total. The zero-order valence-electron chi connectivity index (χ0n) is 21.1. The fourth-order valence-electron chi connectivity index (χ4n) is 5.63. The van der Waals surface area contributed by atoms with Crippen molar-refractivity contribution in [2.24, 2.45) is 24.3 Å². The number of carboxylic acids is 1. The predicted octanol–water partition coefficient (Wildman–Crippen LogP) is 4.23. The van der Waals surface area contributed by atoms with Gasteiger partial charge in [0, 0.05) is 13.2 Å². The number of pyridine rings is 1. The molecule has 0 bridgehead atoms. The summed E-state index contributed by atoms with van der Waals surface area (Å²) >= 11 is 0. The second kappa shape index (κ2) is 9.52. The Balaban J connectivity index is 1.29. The van der Waals surface area contributed by atoms with Gasteiger partial charge in [-0.1, -0.05) is 5.21 Å². The minimum Gasteiger partial charge on any atom is -0.489 e. The first-order valence-corrected chi connectivity index (χ1v) is 12.3. The molecule has 4 unspecified atom stereocenters. The maximum Gasteiger partial charge on any atom is 0.433 e. The highest BCUT2D eigenvalue weighted by atomic mass is 19.4. The van der Waals surface area contributed by atoms with Gasteiger partial charge in [-0.05, 0) is 69.6 Å². The molecule has 2 saturated carbocycles. The van der Waals surface area contributed by atoms with Gasteiger partial charge in [-0.3, -0.25) is 4.79 Å². The maximum atomic E-state index is 12.9. The Morgan fingerprint density at radius 3 is 2.74 bits per heavy atom. The molecular formula is C25H27F3N6O4. The van der Waals surface area contributed by atoms with E-state index in [1.165, 1.54) is 4.68 Å². The van der Waals surface area contributed by atoms with Gasteiger partial charge in [0.05, 0.1) is 22.9 Å². The average Bonchev–Trinajstić information content (AvgIpc) is 3.53. The summed E-state index contributed by atoms with van der Waals surface area (Å²) in [6.07, 6.45) is -0.606. The van der Waals surface area contributed by atoms with Gasteiger partial charge < -0.3 is 14.6 Å². The highest BCUT2D eigenvalue weighted by Gasteiger charge is 2.54. The van der Waals surface area contributed by atoms with E-state index in [-0.39, 0.29) is 18.6 Å². The van der Waals surface area contributed by atoms with Gasteiger partial charge in [0.15, 0.2) is 5.69 Å². The summed E-state index contributed by atoms with van der Waals surface area (Å²) in [5, 5.41) is 17.9. The highest BCUT2D eigenvalue weighted by molar-refractivity contribution is 5.75. The molecule has 0 spiro atoms. The van der Waals surface area contributed by atoms with Crippen LogP contribution < -0.4 is 9.47 Å². The molecule has 0 amide bonds. The molecule has 38 heavy (non-hydrogen) atoms. The van der Waals surface area contributed by atoms with E-state index in [2.05, 4.69) is 25.3 Å². The third-order valence-electron chi connectivity index (χ3n) is 7.77. The molecule has 3 heterocycles. The van der Waals surface area contributed by atoms with Crippen LogP contribution in [0.5, 0.6) is 11.8 Å². The summed E-state index contributed by atoms with van der Waals surface area (Å²) in [5.41, 5.74) is 0.193. The Morgan fingerprint density at radius 1 is 1.24 bits per heavy atom. The third kappa shape index (κ3) is 4.76. The first kappa shape index (κ1) is 25.9. The smallest absolute Gasteiger partial charge is 0.433 e. The van der Waals surface area contributed by atoms with Gasteiger partial charge in [0.25, 0.3) is 0 Å². The van der Waals surface area contributed by atoms with Gasteiger partial charge >= 0.3 is 18.2 Å². The van der Waals surface area contributed by atoms with Crippen LogP contribution in [0.1, 0.15) is 49.7 Å². The molecule has 0 aliphatic heterocycles. The molecule has 0 radical (unpaired) electrons. The Kier molecular flexibility index (Phi) is 6.48. The number of alkyl halides is 3. The van der Waals surface area contributed by atoms with E-state index in [9.17, 15) is 23.1 Å². The normalized spacial score (nSPS) is 24.8. The Hall–Kier alpha value is -3.77. The first-order chi connectivity index (χ1) is 18.0. The van der Waals surface area contributed by atoms with Crippen molar-refractivity contribution in [3.8, 4) is 23.1 Å². The van der Waals surface area contributed by atoms with Crippen LogP contribution in [0.25, 0.3) is 11.4 Å². The summed E-state index contributed by atoms with van der Waals surface area (Å²) in [7, 11) is 1.63. The van der Waals surface area contributed by atoms with Crippen molar-refractivity contribution < 1.29 is 32.5 Å². The molecular weight excluding hydrogens is 505 g/mol. The van der Waals surface area contributed by atoms with E-state index in [0.29, 0.717) is 47.3 Å². The average molecular weight is 533 g/mol. The summed E-state index contributed by atoms with van der Waals surface area (Å²) in [6.45, 7) is 3.47. The topological polar surface area (TPSA) is 125 Å². The van der Waals surface area contributed by atoms with E-state index >= 15 is 0 Å². The summed E-state index contributed by atoms with van der Waals surface area (Å²) in [5.74, 6) is 0.308. The zero-order chi connectivity index (χ0) is 27.2. The Bertz CT molecular complexity index is 1360. The lowest BCUT2D eigenvalue weighted by Crippen LogP contribution is -2.32. The van der Waals surface area contributed by atoms with Crippen molar-refractivity contribution in [2.45, 2.75) is 58.4 Å². The number of nitrogens with zero attached hydrogens (tertiary/aromatic N) is 6. The van der Waals surface area contributed by atoms with Crippen LogP contribution in [0.3, 0.4) is 0 Å².